The average Bonchev–Trinajstić information content (AvgIpc) is 3.11. The van der Waals surface area contributed by atoms with Gasteiger partial charge in [0.05, 0.1) is 20.9 Å². The first-order valence-corrected chi connectivity index (χ1v) is 10.6. The molecule has 0 amide bonds. The summed E-state index contributed by atoms with van der Waals surface area (Å²) in [5.41, 5.74) is 1.56. The number of aromatic amines is 1. The Kier molecular flexibility index (Phi) is 4.82. The molecule has 0 saturated carbocycles. The van der Waals surface area contributed by atoms with Crippen molar-refractivity contribution in [2.75, 3.05) is 13.1 Å². The highest BCUT2D eigenvalue weighted by Gasteiger charge is 2.31. The molecule has 8 nitrogen and oxygen atoms in total. The number of piperidine rings is 1. The van der Waals surface area contributed by atoms with Crippen LogP contribution < -0.4 is 0 Å². The Hall–Kier alpha value is -2.49. The van der Waals surface area contributed by atoms with Gasteiger partial charge in [0.2, 0.25) is 10.0 Å². The third-order valence-corrected chi connectivity index (χ3v) is 7.14. The third kappa shape index (κ3) is 3.48. The Bertz CT molecular complexity index is 1140. The van der Waals surface area contributed by atoms with Crippen LogP contribution >= 0.6 is 11.6 Å². The fourth-order valence-corrected chi connectivity index (χ4v) is 5.10. The second-order valence-corrected chi connectivity index (χ2v) is 9.09. The Balaban J connectivity index is 1.48. The smallest absolute Gasteiger partial charge is 0.269 e. The highest BCUT2D eigenvalue weighted by molar-refractivity contribution is 7.89. The van der Waals surface area contributed by atoms with E-state index >= 15 is 0 Å². The number of hydrogen-bond donors (Lipinski definition) is 1. The number of sulfonamides is 1. The second-order valence-electron chi connectivity index (χ2n) is 6.71. The van der Waals surface area contributed by atoms with Crippen LogP contribution in [-0.4, -0.2) is 40.7 Å². The molecular formula is C18H17ClN4O4S. The molecule has 0 spiro atoms. The van der Waals surface area contributed by atoms with E-state index in [1.165, 1.54) is 28.6 Å². The van der Waals surface area contributed by atoms with Crippen molar-refractivity contribution in [1.29, 1.82) is 0 Å². The van der Waals surface area contributed by atoms with E-state index in [-0.39, 0.29) is 16.5 Å². The van der Waals surface area contributed by atoms with Crippen molar-refractivity contribution >= 4 is 38.3 Å². The first-order chi connectivity index (χ1) is 13.3. The van der Waals surface area contributed by atoms with Crippen LogP contribution in [0.1, 0.15) is 24.6 Å². The van der Waals surface area contributed by atoms with Gasteiger partial charge in [0, 0.05) is 36.2 Å². The van der Waals surface area contributed by atoms with Crippen molar-refractivity contribution in [2.45, 2.75) is 23.7 Å². The van der Waals surface area contributed by atoms with Gasteiger partial charge in [0.15, 0.2) is 0 Å². The minimum Gasteiger partial charge on any atom is -0.342 e. The van der Waals surface area contributed by atoms with Crippen molar-refractivity contribution < 1.29 is 13.3 Å². The van der Waals surface area contributed by atoms with Crippen LogP contribution in [0.15, 0.2) is 47.4 Å². The van der Waals surface area contributed by atoms with E-state index in [4.69, 9.17) is 11.6 Å². The summed E-state index contributed by atoms with van der Waals surface area (Å²) in [5.74, 6) is 0.971. The summed E-state index contributed by atoms with van der Waals surface area (Å²) in [6.07, 6.45) is 1.28. The van der Waals surface area contributed by atoms with Crippen molar-refractivity contribution in [3.8, 4) is 0 Å². The van der Waals surface area contributed by atoms with Gasteiger partial charge in [-0.2, -0.15) is 4.31 Å². The number of fused-ring (bicyclic) bond motifs is 1. The molecule has 2 heterocycles. The minimum absolute atomic E-state index is 0.0647. The Morgan fingerprint density at radius 2 is 1.82 bits per heavy atom. The molecule has 0 aliphatic carbocycles. The molecule has 3 aromatic rings. The quantitative estimate of drug-likeness (QED) is 0.511. The highest BCUT2D eigenvalue weighted by Crippen LogP contribution is 2.31. The predicted octanol–water partition coefficient (Wildman–Crippen LogP) is 3.69. The lowest BCUT2D eigenvalue weighted by molar-refractivity contribution is -0.384. The highest BCUT2D eigenvalue weighted by atomic mass is 35.5. The van der Waals surface area contributed by atoms with E-state index in [1.54, 1.807) is 6.07 Å². The largest absolute Gasteiger partial charge is 0.342 e. The number of hydrogen-bond acceptors (Lipinski definition) is 5. The fourth-order valence-electron chi connectivity index (χ4n) is 3.45. The lowest BCUT2D eigenvalue weighted by Crippen LogP contribution is -2.38. The molecule has 0 unspecified atom stereocenters. The van der Waals surface area contributed by atoms with Gasteiger partial charge in [-0.3, -0.25) is 10.1 Å². The van der Waals surface area contributed by atoms with Crippen molar-refractivity contribution in [3.05, 3.63) is 63.4 Å². The van der Waals surface area contributed by atoms with E-state index in [0.29, 0.717) is 31.0 Å². The summed E-state index contributed by atoms with van der Waals surface area (Å²) in [7, 11) is -3.68. The van der Waals surface area contributed by atoms with Gasteiger partial charge in [-0.1, -0.05) is 11.6 Å². The maximum atomic E-state index is 12.8. The number of halogens is 1. The summed E-state index contributed by atoms with van der Waals surface area (Å²) in [5, 5.41) is 11.4. The number of aromatic nitrogens is 2. The molecular weight excluding hydrogens is 404 g/mol. The first kappa shape index (κ1) is 18.9. The van der Waals surface area contributed by atoms with Crippen LogP contribution in [0.4, 0.5) is 5.69 Å². The van der Waals surface area contributed by atoms with Gasteiger partial charge >= 0.3 is 0 Å². The molecule has 1 aliphatic heterocycles. The van der Waals surface area contributed by atoms with Gasteiger partial charge in [0.1, 0.15) is 5.82 Å². The standard InChI is InChI=1S/C18H17ClN4O4S/c19-13-1-6-16-17(11-13)21-18(20-16)12-7-9-22(10-8-12)28(26,27)15-4-2-14(3-5-15)23(24)25/h1-6,11-12H,7-10H2,(H,20,21). The van der Waals surface area contributed by atoms with E-state index < -0.39 is 14.9 Å². The van der Waals surface area contributed by atoms with Crippen LogP contribution in [-0.2, 0) is 10.0 Å². The normalized spacial score (nSPS) is 16.5. The van der Waals surface area contributed by atoms with Crippen LogP contribution in [0.2, 0.25) is 5.02 Å². The Labute approximate surface area is 166 Å². The van der Waals surface area contributed by atoms with Crippen molar-refractivity contribution in [3.63, 3.8) is 0 Å². The first-order valence-electron chi connectivity index (χ1n) is 8.74. The Morgan fingerprint density at radius 1 is 1.14 bits per heavy atom. The molecule has 10 heteroatoms. The zero-order chi connectivity index (χ0) is 19.9. The molecule has 1 aliphatic rings. The molecule has 1 saturated heterocycles. The molecule has 146 valence electrons. The number of benzene rings is 2. The number of nitrogens with one attached hydrogen (secondary N) is 1. The topological polar surface area (TPSA) is 109 Å². The van der Waals surface area contributed by atoms with Crippen LogP contribution in [0, 0.1) is 10.1 Å². The number of nitro benzene ring substituents is 1. The molecule has 28 heavy (non-hydrogen) atoms. The maximum Gasteiger partial charge on any atom is 0.269 e. The van der Waals surface area contributed by atoms with Gasteiger partial charge in [-0.15, -0.1) is 0 Å². The summed E-state index contributed by atoms with van der Waals surface area (Å²) in [6.45, 7) is 0.726. The molecule has 0 radical (unpaired) electrons. The summed E-state index contributed by atoms with van der Waals surface area (Å²) >= 11 is 6.01. The van der Waals surface area contributed by atoms with Crippen LogP contribution in [0.25, 0.3) is 11.0 Å². The second kappa shape index (κ2) is 7.16. The molecule has 1 aromatic heterocycles. The average molecular weight is 421 g/mol. The lowest BCUT2D eigenvalue weighted by Gasteiger charge is -2.30. The van der Waals surface area contributed by atoms with E-state index in [0.717, 1.165) is 16.9 Å². The lowest BCUT2D eigenvalue weighted by atomic mass is 9.97. The van der Waals surface area contributed by atoms with E-state index in [2.05, 4.69) is 9.97 Å². The monoisotopic (exact) mass is 420 g/mol. The summed E-state index contributed by atoms with van der Waals surface area (Å²) in [6, 6.07) is 10.4. The maximum absolute atomic E-state index is 12.8. The third-order valence-electron chi connectivity index (χ3n) is 4.99. The zero-order valence-electron chi connectivity index (χ0n) is 14.7. The molecule has 2 aromatic carbocycles. The number of imidazole rings is 1. The fraction of sp³-hybridized carbons (Fsp3) is 0.278. The number of H-pyrrole nitrogens is 1. The van der Waals surface area contributed by atoms with Crippen molar-refractivity contribution in [1.82, 2.24) is 14.3 Å². The van der Waals surface area contributed by atoms with Gasteiger partial charge < -0.3 is 4.98 Å². The van der Waals surface area contributed by atoms with E-state index in [9.17, 15) is 18.5 Å². The van der Waals surface area contributed by atoms with Crippen LogP contribution in [0.5, 0.6) is 0 Å². The minimum atomic E-state index is -3.68. The van der Waals surface area contributed by atoms with Crippen LogP contribution in [0.3, 0.4) is 0 Å². The van der Waals surface area contributed by atoms with E-state index in [1.807, 2.05) is 12.1 Å². The zero-order valence-corrected chi connectivity index (χ0v) is 16.3. The van der Waals surface area contributed by atoms with Crippen molar-refractivity contribution in [2.24, 2.45) is 0 Å². The summed E-state index contributed by atoms with van der Waals surface area (Å²) < 4.78 is 27.0. The van der Waals surface area contributed by atoms with Gasteiger partial charge in [0.25, 0.3) is 5.69 Å². The Morgan fingerprint density at radius 3 is 2.46 bits per heavy atom. The molecule has 1 N–H and O–H groups in total. The molecule has 0 bridgehead atoms. The predicted molar refractivity (Wildman–Crippen MR) is 105 cm³/mol. The molecule has 0 atom stereocenters. The number of non-ortho nitro benzene ring substituents is 1. The SMILES string of the molecule is O=[N+]([O-])c1ccc(S(=O)(=O)N2CCC(c3nc4ccc(Cl)cc4[nH]3)CC2)cc1. The molecule has 1 fully saturated rings. The van der Waals surface area contributed by atoms with Gasteiger partial charge in [-0.05, 0) is 43.2 Å². The summed E-state index contributed by atoms with van der Waals surface area (Å²) in [4.78, 5) is 18.1. The van der Waals surface area contributed by atoms with Gasteiger partial charge in [-0.25, -0.2) is 13.4 Å². The number of nitrogens with zero attached hydrogens (tertiary/aromatic N) is 3. The molecule has 4 rings (SSSR count). The number of rotatable bonds is 4. The number of nitro groups is 1.